The largest absolute Gasteiger partial charge is 0.468 e. The first kappa shape index (κ1) is 9.37. The molecule has 0 atom stereocenters. The van der Waals surface area contributed by atoms with E-state index in [0.29, 0.717) is 11.8 Å². The Hall–Kier alpha value is -0.720. The molecule has 0 bridgehead atoms. The molecule has 0 aliphatic rings. The first-order chi connectivity index (χ1) is 5.54. The Labute approximate surface area is 74.8 Å². The van der Waals surface area contributed by atoms with Crippen molar-refractivity contribution in [1.82, 2.24) is 0 Å². The lowest BCUT2D eigenvalue weighted by Gasteiger charge is -2.09. The molecule has 0 aliphatic heterocycles. The Morgan fingerprint density at radius 3 is 2.00 bits per heavy atom. The minimum Gasteiger partial charge on any atom is -0.468 e. The van der Waals surface area contributed by atoms with E-state index in [9.17, 15) is 0 Å². The monoisotopic (exact) mass is 166 g/mol. The Balaban J connectivity index is 3.12. The number of hydrogen-bond acceptors (Lipinski definition) is 1. The van der Waals surface area contributed by atoms with Gasteiger partial charge in [0.15, 0.2) is 0 Å². The SMILES string of the molecule is Cc1coc(C(C)C)c1C(C)C. The van der Waals surface area contributed by atoms with Crippen molar-refractivity contribution in [2.75, 3.05) is 0 Å². The van der Waals surface area contributed by atoms with Gasteiger partial charge in [-0.1, -0.05) is 27.7 Å². The van der Waals surface area contributed by atoms with Gasteiger partial charge in [0.05, 0.1) is 6.26 Å². The summed E-state index contributed by atoms with van der Waals surface area (Å²) in [7, 11) is 0. The third-order valence-corrected chi connectivity index (χ3v) is 2.15. The topological polar surface area (TPSA) is 13.1 Å². The van der Waals surface area contributed by atoms with Gasteiger partial charge in [-0.05, 0) is 24.0 Å². The van der Waals surface area contributed by atoms with E-state index < -0.39 is 0 Å². The first-order valence-electron chi connectivity index (χ1n) is 4.62. The third kappa shape index (κ3) is 1.55. The molecule has 0 fully saturated rings. The second-order valence-electron chi connectivity index (χ2n) is 4.01. The molecule has 1 aromatic heterocycles. The van der Waals surface area contributed by atoms with Crippen LogP contribution in [0.4, 0.5) is 0 Å². The maximum Gasteiger partial charge on any atom is 0.110 e. The second kappa shape index (κ2) is 3.34. The molecule has 12 heavy (non-hydrogen) atoms. The van der Waals surface area contributed by atoms with Crippen LogP contribution in [0.3, 0.4) is 0 Å². The van der Waals surface area contributed by atoms with Crippen molar-refractivity contribution in [1.29, 1.82) is 0 Å². The summed E-state index contributed by atoms with van der Waals surface area (Å²) in [5, 5.41) is 0. The number of hydrogen-bond donors (Lipinski definition) is 0. The standard InChI is InChI=1S/C11H18O/c1-7(2)10-9(5)6-12-11(10)8(3)4/h6-8H,1-5H3. The van der Waals surface area contributed by atoms with Crippen LogP contribution in [0, 0.1) is 6.92 Å². The molecule has 1 aromatic rings. The molecule has 1 heteroatoms. The second-order valence-corrected chi connectivity index (χ2v) is 4.01. The highest BCUT2D eigenvalue weighted by atomic mass is 16.3. The van der Waals surface area contributed by atoms with Crippen LogP contribution in [0.25, 0.3) is 0 Å². The zero-order chi connectivity index (χ0) is 9.30. The summed E-state index contributed by atoms with van der Waals surface area (Å²) in [6.07, 6.45) is 1.87. The van der Waals surface area contributed by atoms with Gasteiger partial charge < -0.3 is 4.42 Å². The quantitative estimate of drug-likeness (QED) is 0.650. The van der Waals surface area contributed by atoms with E-state index in [1.54, 1.807) is 0 Å². The van der Waals surface area contributed by atoms with E-state index in [-0.39, 0.29) is 0 Å². The average Bonchev–Trinajstić information content (AvgIpc) is 2.30. The number of rotatable bonds is 2. The molecule has 1 rings (SSSR count). The molecule has 0 aliphatic carbocycles. The molecular formula is C11H18O. The molecule has 0 radical (unpaired) electrons. The summed E-state index contributed by atoms with van der Waals surface area (Å²) in [5.74, 6) is 2.22. The van der Waals surface area contributed by atoms with Crippen LogP contribution in [0.15, 0.2) is 10.7 Å². The number of furan rings is 1. The first-order valence-corrected chi connectivity index (χ1v) is 4.62. The molecular weight excluding hydrogens is 148 g/mol. The predicted octanol–water partition coefficient (Wildman–Crippen LogP) is 3.83. The van der Waals surface area contributed by atoms with Crippen LogP contribution in [-0.4, -0.2) is 0 Å². The van der Waals surface area contributed by atoms with Gasteiger partial charge >= 0.3 is 0 Å². The van der Waals surface area contributed by atoms with Gasteiger partial charge in [-0.3, -0.25) is 0 Å². The van der Waals surface area contributed by atoms with E-state index in [0.717, 1.165) is 5.76 Å². The van der Waals surface area contributed by atoms with Gasteiger partial charge in [0.25, 0.3) is 0 Å². The lowest BCUT2D eigenvalue weighted by atomic mass is 9.95. The van der Waals surface area contributed by atoms with Crippen LogP contribution in [0.1, 0.15) is 56.4 Å². The minimum atomic E-state index is 0.496. The zero-order valence-corrected chi connectivity index (χ0v) is 8.64. The Kier molecular flexibility index (Phi) is 2.61. The van der Waals surface area contributed by atoms with Crippen LogP contribution in [0.5, 0.6) is 0 Å². The summed E-state index contributed by atoms with van der Waals surface area (Å²) in [4.78, 5) is 0. The van der Waals surface area contributed by atoms with Crippen molar-refractivity contribution in [3.8, 4) is 0 Å². The van der Waals surface area contributed by atoms with Crippen molar-refractivity contribution in [2.45, 2.75) is 46.5 Å². The Bertz CT molecular complexity index is 256. The smallest absolute Gasteiger partial charge is 0.110 e. The number of aryl methyl sites for hydroxylation is 1. The molecule has 0 spiro atoms. The van der Waals surface area contributed by atoms with Gasteiger partial charge in [-0.2, -0.15) is 0 Å². The summed E-state index contributed by atoms with van der Waals surface area (Å²) in [6, 6.07) is 0. The maximum absolute atomic E-state index is 5.52. The van der Waals surface area contributed by atoms with Gasteiger partial charge in [-0.25, -0.2) is 0 Å². The molecule has 1 heterocycles. The van der Waals surface area contributed by atoms with E-state index >= 15 is 0 Å². The van der Waals surface area contributed by atoms with E-state index in [4.69, 9.17) is 4.42 Å². The molecule has 0 amide bonds. The fourth-order valence-electron chi connectivity index (χ4n) is 1.66. The highest BCUT2D eigenvalue weighted by molar-refractivity contribution is 5.31. The minimum absolute atomic E-state index is 0.496. The van der Waals surface area contributed by atoms with Gasteiger partial charge in [-0.15, -0.1) is 0 Å². The van der Waals surface area contributed by atoms with Gasteiger partial charge in [0.1, 0.15) is 5.76 Å². The van der Waals surface area contributed by atoms with Crippen molar-refractivity contribution in [3.05, 3.63) is 23.2 Å². The van der Waals surface area contributed by atoms with Crippen LogP contribution >= 0.6 is 0 Å². The lowest BCUT2D eigenvalue weighted by Crippen LogP contribution is -1.95. The average molecular weight is 166 g/mol. The Morgan fingerprint density at radius 2 is 1.67 bits per heavy atom. The summed E-state index contributed by atoms with van der Waals surface area (Å²) in [5.41, 5.74) is 2.68. The van der Waals surface area contributed by atoms with E-state index in [2.05, 4.69) is 34.6 Å². The zero-order valence-electron chi connectivity index (χ0n) is 8.64. The summed E-state index contributed by atoms with van der Waals surface area (Å²) >= 11 is 0. The molecule has 0 N–H and O–H groups in total. The molecule has 1 nitrogen and oxygen atoms in total. The molecule has 68 valence electrons. The van der Waals surface area contributed by atoms with Crippen molar-refractivity contribution in [2.24, 2.45) is 0 Å². The Morgan fingerprint density at radius 1 is 1.08 bits per heavy atom. The highest BCUT2D eigenvalue weighted by Crippen LogP contribution is 2.30. The van der Waals surface area contributed by atoms with Crippen molar-refractivity contribution >= 4 is 0 Å². The predicted molar refractivity (Wildman–Crippen MR) is 51.6 cm³/mol. The van der Waals surface area contributed by atoms with Crippen molar-refractivity contribution < 1.29 is 4.42 Å². The van der Waals surface area contributed by atoms with Crippen LogP contribution in [0.2, 0.25) is 0 Å². The van der Waals surface area contributed by atoms with Crippen LogP contribution in [-0.2, 0) is 0 Å². The summed E-state index contributed by atoms with van der Waals surface area (Å²) < 4.78 is 5.52. The fraction of sp³-hybridized carbons (Fsp3) is 0.636. The van der Waals surface area contributed by atoms with E-state index in [1.807, 2.05) is 6.26 Å². The fourth-order valence-corrected chi connectivity index (χ4v) is 1.66. The van der Waals surface area contributed by atoms with Crippen molar-refractivity contribution in [3.63, 3.8) is 0 Å². The molecule has 0 saturated carbocycles. The summed E-state index contributed by atoms with van der Waals surface area (Å²) in [6.45, 7) is 10.9. The van der Waals surface area contributed by atoms with Gasteiger partial charge in [0.2, 0.25) is 0 Å². The van der Waals surface area contributed by atoms with Crippen LogP contribution < -0.4 is 0 Å². The van der Waals surface area contributed by atoms with E-state index in [1.165, 1.54) is 11.1 Å². The lowest BCUT2D eigenvalue weighted by molar-refractivity contribution is 0.478. The normalized spacial score (nSPS) is 11.6. The third-order valence-electron chi connectivity index (χ3n) is 2.15. The van der Waals surface area contributed by atoms with Gasteiger partial charge in [0, 0.05) is 5.92 Å². The molecule has 0 unspecified atom stereocenters. The molecule has 0 saturated heterocycles. The highest BCUT2D eigenvalue weighted by Gasteiger charge is 2.15. The maximum atomic E-state index is 5.52. The molecule has 0 aromatic carbocycles.